The number of nitrogens with two attached hydrogens (primary N) is 1. The quantitative estimate of drug-likeness (QED) is 0.166. The molecule has 0 aliphatic heterocycles. The fourth-order valence-corrected chi connectivity index (χ4v) is 3.05. The van der Waals surface area contributed by atoms with Crippen LogP contribution in [-0.2, 0) is 0 Å². The van der Waals surface area contributed by atoms with Crippen molar-refractivity contribution in [3.8, 4) is 0 Å². The van der Waals surface area contributed by atoms with E-state index in [-0.39, 0.29) is 16.8 Å². The van der Waals surface area contributed by atoms with Crippen molar-refractivity contribution in [2.75, 3.05) is 18.9 Å². The third-order valence-electron chi connectivity index (χ3n) is 6.42. The van der Waals surface area contributed by atoms with Crippen LogP contribution in [0.5, 0.6) is 0 Å². The fourth-order valence-electron chi connectivity index (χ4n) is 3.05. The largest absolute Gasteiger partial charge is 0.478 e. The SMILES string of the molecule is C=CCC(C)C.CC(C)C(C)C.CC(C)CC1CC1.CCN.[C-]#[N+]c1cc(C(=O)O)ccc1F.[C-]#[N+]c1cc(C(=O)O)ccc1NC. The number of hydrogen-bond acceptors (Lipinski definition) is 4. The van der Waals surface area contributed by atoms with Gasteiger partial charge in [-0.15, -0.1) is 6.58 Å². The molecule has 1 saturated carbocycles. The van der Waals surface area contributed by atoms with Gasteiger partial charge in [-0.05, 0) is 85.4 Å². The second-order valence-corrected chi connectivity index (χ2v) is 12.4. The van der Waals surface area contributed by atoms with E-state index in [1.54, 1.807) is 13.1 Å². The van der Waals surface area contributed by atoms with Crippen LogP contribution in [0, 0.1) is 48.6 Å². The maximum absolute atomic E-state index is 12.6. The molecule has 8 nitrogen and oxygen atoms in total. The van der Waals surface area contributed by atoms with Gasteiger partial charge in [0.2, 0.25) is 11.4 Å². The molecule has 5 N–H and O–H groups in total. The Hall–Kier alpha value is -4.21. The highest BCUT2D eigenvalue weighted by atomic mass is 19.1. The van der Waals surface area contributed by atoms with Crippen LogP contribution < -0.4 is 11.1 Å². The Balaban J connectivity index is -0.000000523. The van der Waals surface area contributed by atoms with E-state index in [1.807, 2.05) is 13.0 Å². The number of allylic oxidation sites excluding steroid dienone is 1. The first-order valence-electron chi connectivity index (χ1n) is 16.1. The van der Waals surface area contributed by atoms with Crippen molar-refractivity contribution in [3.05, 3.63) is 88.8 Å². The summed E-state index contributed by atoms with van der Waals surface area (Å²) in [6.45, 7) is 37.5. The van der Waals surface area contributed by atoms with Crippen LogP contribution in [-0.4, -0.2) is 35.7 Å². The zero-order valence-corrected chi connectivity index (χ0v) is 30.2. The number of nitrogens with one attached hydrogen (secondary N) is 1. The van der Waals surface area contributed by atoms with Crippen LogP contribution in [0.2, 0.25) is 0 Å². The molecule has 0 heterocycles. The van der Waals surface area contributed by atoms with Gasteiger partial charge in [-0.25, -0.2) is 23.7 Å². The Morgan fingerprint density at radius 2 is 1.34 bits per heavy atom. The van der Waals surface area contributed by atoms with E-state index in [9.17, 15) is 14.0 Å². The van der Waals surface area contributed by atoms with E-state index in [0.717, 1.165) is 60.8 Å². The summed E-state index contributed by atoms with van der Waals surface area (Å²) >= 11 is 0. The van der Waals surface area contributed by atoms with E-state index >= 15 is 0 Å². The van der Waals surface area contributed by atoms with Gasteiger partial charge in [0.15, 0.2) is 0 Å². The van der Waals surface area contributed by atoms with Gasteiger partial charge in [0, 0.05) is 23.9 Å². The highest BCUT2D eigenvalue weighted by molar-refractivity contribution is 5.91. The molecule has 0 aromatic heterocycles. The van der Waals surface area contributed by atoms with Gasteiger partial charge in [0.1, 0.15) is 5.82 Å². The minimum atomic E-state index is -1.17. The summed E-state index contributed by atoms with van der Waals surface area (Å²) < 4.78 is 12.6. The molecule has 0 radical (unpaired) electrons. The van der Waals surface area contributed by atoms with Gasteiger partial charge in [-0.2, -0.15) is 0 Å². The molecule has 0 unspecified atom stereocenters. The number of anilines is 1. The average Bonchev–Trinajstić information content (AvgIpc) is 3.82. The molecule has 0 bridgehead atoms. The molecule has 1 aliphatic rings. The monoisotopic (exact) mass is 654 g/mol. The first kappa shape index (κ1) is 47.2. The van der Waals surface area contributed by atoms with Crippen molar-refractivity contribution < 1.29 is 24.2 Å². The van der Waals surface area contributed by atoms with E-state index in [1.165, 1.54) is 31.4 Å². The number of aromatic carboxylic acids is 2. The summed E-state index contributed by atoms with van der Waals surface area (Å²) in [6.07, 6.45) is 7.58. The predicted molar refractivity (Wildman–Crippen MR) is 195 cm³/mol. The standard InChI is InChI=1S/C9H8N2O2.C8H4FNO2.C7H14.C6H14.C6H12.C2H7N/c1-10-7-4-3-6(9(12)13)5-8(7)11-2;1-10-7-4-5(8(11)12)2-3-6(7)9;1-6(2)5-7-3-4-7;1-5(2)6(3)4;1-4-5-6(2)3;1-2-3/h3-5,10H,1H3,(H,12,13);2-4H,(H,11,12);6-7H,3-5H2,1-2H3;5-6H,1-4H3;4,6H,1,5H2,2-3H3;2-3H2,1H3. The van der Waals surface area contributed by atoms with Gasteiger partial charge >= 0.3 is 11.9 Å². The molecule has 9 heteroatoms. The molecule has 1 fully saturated rings. The number of hydrogen-bond donors (Lipinski definition) is 4. The summed E-state index contributed by atoms with van der Waals surface area (Å²) in [4.78, 5) is 26.9. The number of carboxylic acid groups (broad SMARTS) is 2. The molecular weight excluding hydrogens is 595 g/mol. The maximum Gasteiger partial charge on any atom is 0.334 e. The molecule has 0 saturated heterocycles. The second-order valence-electron chi connectivity index (χ2n) is 12.4. The van der Waals surface area contributed by atoms with Crippen molar-refractivity contribution in [2.45, 2.75) is 88.0 Å². The lowest BCUT2D eigenvalue weighted by Crippen LogP contribution is -1.96. The molecule has 47 heavy (non-hydrogen) atoms. The van der Waals surface area contributed by atoms with Crippen molar-refractivity contribution >= 4 is 29.0 Å². The smallest absolute Gasteiger partial charge is 0.334 e. The van der Waals surface area contributed by atoms with Crippen LogP contribution in [0.4, 0.5) is 21.5 Å². The normalized spacial score (nSPS) is 10.9. The molecule has 262 valence electrons. The zero-order chi connectivity index (χ0) is 37.1. The molecule has 0 amide bonds. The number of halogens is 1. The molecule has 0 atom stereocenters. The van der Waals surface area contributed by atoms with E-state index in [2.05, 4.69) is 77.0 Å². The van der Waals surface area contributed by atoms with Crippen LogP contribution in [0.1, 0.15) is 109 Å². The van der Waals surface area contributed by atoms with Crippen LogP contribution in [0.15, 0.2) is 49.1 Å². The minimum Gasteiger partial charge on any atom is -0.478 e. The summed E-state index contributed by atoms with van der Waals surface area (Å²) in [7, 11) is 1.68. The lowest BCUT2D eigenvalue weighted by molar-refractivity contribution is 0.0686. The zero-order valence-electron chi connectivity index (χ0n) is 30.2. The van der Waals surface area contributed by atoms with E-state index < -0.39 is 17.8 Å². The molecule has 2 aromatic rings. The lowest BCUT2D eigenvalue weighted by Gasteiger charge is -2.05. The molecule has 3 rings (SSSR count). The number of rotatable bonds is 8. The Bertz CT molecular complexity index is 1250. The van der Waals surface area contributed by atoms with Crippen LogP contribution >= 0.6 is 0 Å². The summed E-state index contributed by atoms with van der Waals surface area (Å²) in [5.41, 5.74) is 5.59. The first-order chi connectivity index (χ1) is 21.9. The number of carbonyl (C=O) groups is 2. The maximum atomic E-state index is 12.6. The lowest BCUT2D eigenvalue weighted by atomic mass is 10.0. The topological polar surface area (TPSA) is 121 Å². The molecule has 1 aliphatic carbocycles. The summed E-state index contributed by atoms with van der Waals surface area (Å²) in [5, 5.41) is 19.9. The van der Waals surface area contributed by atoms with Gasteiger partial charge in [0.25, 0.3) is 0 Å². The van der Waals surface area contributed by atoms with Crippen molar-refractivity contribution in [1.82, 2.24) is 0 Å². The first-order valence-corrected chi connectivity index (χ1v) is 16.1. The second kappa shape index (κ2) is 28.0. The van der Waals surface area contributed by atoms with Crippen molar-refractivity contribution in [3.63, 3.8) is 0 Å². The molecular formula is C38H59FN4O4. The summed E-state index contributed by atoms with van der Waals surface area (Å²) in [6, 6.07) is 7.48. The van der Waals surface area contributed by atoms with Gasteiger partial charge in [-0.1, -0.05) is 81.2 Å². The predicted octanol–water partition coefficient (Wildman–Crippen LogP) is 11.0. The minimum absolute atomic E-state index is 0.0811. The van der Waals surface area contributed by atoms with Gasteiger partial charge in [-0.3, -0.25) is 0 Å². The average molecular weight is 655 g/mol. The van der Waals surface area contributed by atoms with Crippen LogP contribution in [0.25, 0.3) is 9.69 Å². The highest BCUT2D eigenvalue weighted by Gasteiger charge is 2.21. The van der Waals surface area contributed by atoms with E-state index in [4.69, 9.17) is 29.1 Å². The summed E-state index contributed by atoms with van der Waals surface area (Å²) in [5.74, 6) is 1.66. The third kappa shape index (κ3) is 26.7. The molecule has 0 spiro atoms. The van der Waals surface area contributed by atoms with E-state index in [0.29, 0.717) is 11.4 Å². The van der Waals surface area contributed by atoms with Crippen molar-refractivity contribution in [2.24, 2.45) is 35.3 Å². The number of nitrogens with zero attached hydrogens (tertiary/aromatic N) is 2. The molecule has 2 aromatic carbocycles. The Morgan fingerprint density at radius 3 is 1.60 bits per heavy atom. The van der Waals surface area contributed by atoms with Gasteiger partial charge in [0.05, 0.1) is 13.1 Å². The Labute approximate surface area is 283 Å². The van der Waals surface area contributed by atoms with Crippen molar-refractivity contribution in [1.29, 1.82) is 0 Å². The number of benzene rings is 2. The van der Waals surface area contributed by atoms with Gasteiger partial charge < -0.3 is 21.3 Å². The fraction of sp³-hybridized carbons (Fsp3) is 0.526. The van der Waals surface area contributed by atoms with Crippen LogP contribution in [0.3, 0.4) is 0 Å². The highest BCUT2D eigenvalue weighted by Crippen LogP contribution is 2.34. The third-order valence-corrected chi connectivity index (χ3v) is 6.42. The number of carboxylic acids is 2. The Morgan fingerprint density at radius 1 is 0.915 bits per heavy atom. The Kier molecular flexibility index (Phi) is 28.2.